The largest absolute Gasteiger partial charge is 0.347 e. The Balaban J connectivity index is 1.67. The van der Waals surface area contributed by atoms with E-state index in [-0.39, 0.29) is 11.9 Å². The highest BCUT2D eigenvalue weighted by atomic mass is 32.1. The number of pyridine rings is 1. The first-order valence-electron chi connectivity index (χ1n) is 8.64. The molecular formula is C19H26N4OS. The van der Waals surface area contributed by atoms with Crippen molar-refractivity contribution in [1.82, 2.24) is 20.1 Å². The molecule has 0 saturated carbocycles. The Kier molecular flexibility index (Phi) is 5.83. The van der Waals surface area contributed by atoms with Crippen LogP contribution in [0.4, 0.5) is 0 Å². The van der Waals surface area contributed by atoms with Crippen LogP contribution >= 0.6 is 11.3 Å². The summed E-state index contributed by atoms with van der Waals surface area (Å²) >= 11 is 1.52. The lowest BCUT2D eigenvalue weighted by molar-refractivity contribution is 0.0930. The number of likely N-dealkylation sites (tertiary alicyclic amines) is 1. The standard InChI is InChI=1S/C19H26N4OS/c1-14-6-9-25-18(14)19(24)21-17-13-23(12-16(17)11-22(2)3)10-15-4-7-20-8-5-15/h4-9,16-17H,10-13H2,1-3H3,(H,21,24)/t16-,17-/m1/s1. The van der Waals surface area contributed by atoms with Gasteiger partial charge in [0.15, 0.2) is 0 Å². The minimum atomic E-state index is 0.0621. The van der Waals surface area contributed by atoms with Gasteiger partial charge in [-0.25, -0.2) is 0 Å². The van der Waals surface area contributed by atoms with Crippen LogP contribution in [0.1, 0.15) is 20.8 Å². The predicted molar refractivity (Wildman–Crippen MR) is 102 cm³/mol. The zero-order valence-corrected chi connectivity index (χ0v) is 15.9. The summed E-state index contributed by atoms with van der Waals surface area (Å²) in [6.07, 6.45) is 3.67. The molecule has 2 atom stereocenters. The Morgan fingerprint density at radius 1 is 1.32 bits per heavy atom. The second-order valence-electron chi connectivity index (χ2n) is 7.08. The lowest BCUT2D eigenvalue weighted by atomic mass is 10.0. The Morgan fingerprint density at radius 2 is 2.08 bits per heavy atom. The van der Waals surface area contributed by atoms with Gasteiger partial charge in [0.2, 0.25) is 0 Å². The number of rotatable bonds is 6. The van der Waals surface area contributed by atoms with E-state index >= 15 is 0 Å². The number of carbonyl (C=O) groups excluding carboxylic acids is 1. The normalized spacial score (nSPS) is 21.0. The van der Waals surface area contributed by atoms with E-state index in [0.29, 0.717) is 5.92 Å². The molecule has 25 heavy (non-hydrogen) atoms. The van der Waals surface area contributed by atoms with Crippen molar-refractivity contribution in [3.05, 3.63) is 52.0 Å². The fraction of sp³-hybridized carbons (Fsp3) is 0.474. The Hall–Kier alpha value is -1.76. The summed E-state index contributed by atoms with van der Waals surface area (Å²) in [5.41, 5.74) is 2.32. The number of nitrogens with zero attached hydrogens (tertiary/aromatic N) is 3. The summed E-state index contributed by atoms with van der Waals surface area (Å²) in [4.78, 5) is 22.2. The summed E-state index contributed by atoms with van der Waals surface area (Å²) in [6.45, 7) is 5.75. The highest BCUT2D eigenvalue weighted by molar-refractivity contribution is 7.12. The average Bonchev–Trinajstić information content (AvgIpc) is 3.14. The topological polar surface area (TPSA) is 48.5 Å². The number of amides is 1. The first kappa shape index (κ1) is 18.0. The molecule has 5 nitrogen and oxygen atoms in total. The van der Waals surface area contributed by atoms with Crippen LogP contribution in [0.25, 0.3) is 0 Å². The SMILES string of the molecule is Cc1ccsc1C(=O)N[C@@H]1CN(Cc2ccncc2)C[C@H]1CN(C)C. The quantitative estimate of drug-likeness (QED) is 0.860. The van der Waals surface area contributed by atoms with Gasteiger partial charge in [0.25, 0.3) is 5.91 Å². The van der Waals surface area contributed by atoms with Gasteiger partial charge in [-0.3, -0.25) is 14.7 Å². The average molecular weight is 359 g/mol. The van der Waals surface area contributed by atoms with Crippen LogP contribution in [0.5, 0.6) is 0 Å². The van der Waals surface area contributed by atoms with Gasteiger partial charge in [0.05, 0.1) is 4.88 Å². The van der Waals surface area contributed by atoms with Gasteiger partial charge in [0, 0.05) is 50.5 Å². The molecule has 1 amide bonds. The number of carbonyl (C=O) groups is 1. The Morgan fingerprint density at radius 3 is 2.72 bits per heavy atom. The van der Waals surface area contributed by atoms with Gasteiger partial charge < -0.3 is 10.2 Å². The molecule has 1 saturated heterocycles. The van der Waals surface area contributed by atoms with E-state index in [1.807, 2.05) is 30.8 Å². The minimum Gasteiger partial charge on any atom is -0.347 e. The lowest BCUT2D eigenvalue weighted by Gasteiger charge is -2.22. The van der Waals surface area contributed by atoms with Crippen molar-refractivity contribution in [3.8, 4) is 0 Å². The van der Waals surface area contributed by atoms with Gasteiger partial charge in [-0.2, -0.15) is 0 Å². The third-order valence-corrected chi connectivity index (χ3v) is 5.67. The van der Waals surface area contributed by atoms with E-state index in [1.165, 1.54) is 16.9 Å². The Bertz CT molecular complexity index is 700. The number of aryl methyl sites for hydroxylation is 1. The van der Waals surface area contributed by atoms with Crippen molar-refractivity contribution in [2.24, 2.45) is 5.92 Å². The zero-order chi connectivity index (χ0) is 17.8. The smallest absolute Gasteiger partial charge is 0.261 e. The van der Waals surface area contributed by atoms with E-state index in [1.54, 1.807) is 0 Å². The van der Waals surface area contributed by atoms with E-state index in [4.69, 9.17) is 0 Å². The van der Waals surface area contributed by atoms with Crippen LogP contribution < -0.4 is 5.32 Å². The molecule has 1 aliphatic rings. The zero-order valence-electron chi connectivity index (χ0n) is 15.1. The molecule has 0 aromatic carbocycles. The molecule has 0 bridgehead atoms. The first-order valence-corrected chi connectivity index (χ1v) is 9.52. The van der Waals surface area contributed by atoms with E-state index < -0.39 is 0 Å². The summed E-state index contributed by atoms with van der Waals surface area (Å²) in [6, 6.07) is 6.30. The lowest BCUT2D eigenvalue weighted by Crippen LogP contribution is -2.43. The van der Waals surface area contributed by atoms with E-state index in [2.05, 4.69) is 46.3 Å². The summed E-state index contributed by atoms with van der Waals surface area (Å²) in [5, 5.41) is 5.26. The van der Waals surface area contributed by atoms with Crippen LogP contribution in [-0.4, -0.2) is 60.5 Å². The summed E-state index contributed by atoms with van der Waals surface area (Å²) < 4.78 is 0. The molecule has 1 fully saturated rings. The monoisotopic (exact) mass is 358 g/mol. The Labute approximate surface area is 153 Å². The number of aromatic nitrogens is 1. The molecule has 0 aliphatic carbocycles. The fourth-order valence-corrected chi connectivity index (χ4v) is 4.32. The number of hydrogen-bond acceptors (Lipinski definition) is 5. The first-order chi connectivity index (χ1) is 12.0. The third kappa shape index (κ3) is 4.66. The van der Waals surface area contributed by atoms with Crippen molar-refractivity contribution in [3.63, 3.8) is 0 Å². The third-order valence-electron chi connectivity index (χ3n) is 4.66. The maximum atomic E-state index is 12.6. The second-order valence-corrected chi connectivity index (χ2v) is 8.00. The fourth-order valence-electron chi connectivity index (χ4n) is 3.49. The highest BCUT2D eigenvalue weighted by Gasteiger charge is 2.34. The molecule has 0 spiro atoms. The van der Waals surface area contributed by atoms with Crippen molar-refractivity contribution in [2.75, 3.05) is 33.7 Å². The highest BCUT2D eigenvalue weighted by Crippen LogP contribution is 2.22. The minimum absolute atomic E-state index is 0.0621. The maximum Gasteiger partial charge on any atom is 0.261 e. The summed E-state index contributed by atoms with van der Waals surface area (Å²) in [7, 11) is 4.18. The molecule has 0 unspecified atom stereocenters. The predicted octanol–water partition coefficient (Wildman–Crippen LogP) is 2.24. The van der Waals surface area contributed by atoms with Crippen LogP contribution in [-0.2, 0) is 6.54 Å². The van der Waals surface area contributed by atoms with Crippen molar-refractivity contribution >= 4 is 17.2 Å². The van der Waals surface area contributed by atoms with Crippen molar-refractivity contribution in [1.29, 1.82) is 0 Å². The van der Waals surface area contributed by atoms with E-state index in [0.717, 1.165) is 36.6 Å². The molecule has 1 N–H and O–H groups in total. The van der Waals surface area contributed by atoms with Crippen LogP contribution in [0, 0.1) is 12.8 Å². The molecule has 3 heterocycles. The summed E-state index contributed by atoms with van der Waals surface area (Å²) in [5.74, 6) is 0.494. The number of nitrogens with one attached hydrogen (secondary N) is 1. The molecule has 1 aliphatic heterocycles. The van der Waals surface area contributed by atoms with Crippen LogP contribution in [0.15, 0.2) is 36.0 Å². The van der Waals surface area contributed by atoms with Crippen molar-refractivity contribution < 1.29 is 4.79 Å². The van der Waals surface area contributed by atoms with E-state index in [9.17, 15) is 4.79 Å². The van der Waals surface area contributed by atoms with Gasteiger partial charge in [-0.15, -0.1) is 11.3 Å². The molecule has 134 valence electrons. The molecule has 3 rings (SSSR count). The second kappa shape index (κ2) is 8.08. The molecule has 2 aromatic heterocycles. The van der Waals surface area contributed by atoms with Gasteiger partial charge >= 0.3 is 0 Å². The van der Waals surface area contributed by atoms with Crippen LogP contribution in [0.2, 0.25) is 0 Å². The van der Waals surface area contributed by atoms with Crippen LogP contribution in [0.3, 0.4) is 0 Å². The maximum absolute atomic E-state index is 12.6. The molecule has 2 aromatic rings. The molecule has 0 radical (unpaired) electrons. The van der Waals surface area contributed by atoms with Gasteiger partial charge in [-0.05, 0) is 55.7 Å². The van der Waals surface area contributed by atoms with Gasteiger partial charge in [0.1, 0.15) is 0 Å². The molecule has 6 heteroatoms. The molecular weight excluding hydrogens is 332 g/mol. The van der Waals surface area contributed by atoms with Crippen molar-refractivity contribution in [2.45, 2.75) is 19.5 Å². The number of hydrogen-bond donors (Lipinski definition) is 1. The number of thiophene rings is 1. The van der Waals surface area contributed by atoms with Gasteiger partial charge in [-0.1, -0.05) is 0 Å².